The van der Waals surface area contributed by atoms with Crippen molar-refractivity contribution in [1.82, 2.24) is 9.05 Å². The number of fused-ring (bicyclic) bond motifs is 14. The van der Waals surface area contributed by atoms with E-state index in [-0.39, 0.29) is 12.3 Å². The van der Waals surface area contributed by atoms with Gasteiger partial charge in [0.2, 0.25) is 0 Å². The molecule has 0 unspecified atom stereocenters. The lowest BCUT2D eigenvalue weighted by Gasteiger charge is -2.35. The van der Waals surface area contributed by atoms with Gasteiger partial charge in [-0.3, -0.25) is 0 Å². The summed E-state index contributed by atoms with van der Waals surface area (Å²) >= 11 is 1.93. The van der Waals surface area contributed by atoms with Crippen molar-refractivity contribution in [2.75, 3.05) is 0 Å². The number of thiophene rings is 1. The molecule has 2 nitrogen and oxygen atoms in total. The second-order valence-electron chi connectivity index (χ2n) is 14.9. The smallest absolute Gasteiger partial charge is 0.333 e. The molecular formula is C45H31BN2S. The predicted octanol–water partition coefficient (Wildman–Crippen LogP) is 10.5. The van der Waals surface area contributed by atoms with E-state index >= 15 is 0 Å². The summed E-state index contributed by atoms with van der Waals surface area (Å²) in [7, 11) is 0. The first kappa shape index (κ1) is 26.6. The Balaban J connectivity index is 1.33. The summed E-state index contributed by atoms with van der Waals surface area (Å²) in [4.78, 5) is 1.34. The Hall–Kier alpha value is -5.32. The molecule has 0 amide bonds. The highest BCUT2D eigenvalue weighted by molar-refractivity contribution is 7.25. The van der Waals surface area contributed by atoms with Crippen LogP contribution in [0.3, 0.4) is 0 Å². The first-order chi connectivity index (χ1) is 23.9. The second kappa shape index (κ2) is 8.63. The lowest BCUT2D eigenvalue weighted by molar-refractivity contribution is 0.666. The van der Waals surface area contributed by atoms with E-state index in [9.17, 15) is 0 Å². The van der Waals surface area contributed by atoms with Crippen LogP contribution < -0.4 is 10.9 Å². The molecule has 5 heterocycles. The van der Waals surface area contributed by atoms with Gasteiger partial charge < -0.3 is 9.05 Å². The highest BCUT2D eigenvalue weighted by atomic mass is 32.1. The van der Waals surface area contributed by atoms with Gasteiger partial charge in [-0.25, -0.2) is 0 Å². The zero-order valence-corrected chi connectivity index (χ0v) is 28.7. The van der Waals surface area contributed by atoms with E-state index in [0.717, 1.165) is 0 Å². The Morgan fingerprint density at radius 2 is 1.37 bits per heavy atom. The van der Waals surface area contributed by atoms with Crippen molar-refractivity contribution in [2.45, 2.75) is 33.1 Å². The van der Waals surface area contributed by atoms with E-state index in [4.69, 9.17) is 0 Å². The maximum absolute atomic E-state index is 2.76. The van der Waals surface area contributed by atoms with Crippen LogP contribution >= 0.6 is 11.3 Å². The average molecular weight is 643 g/mol. The number of rotatable bonds is 1. The van der Waals surface area contributed by atoms with E-state index in [2.05, 4.69) is 152 Å². The molecule has 0 fully saturated rings. The molecule has 0 spiro atoms. The van der Waals surface area contributed by atoms with Crippen molar-refractivity contribution in [3.05, 3.63) is 138 Å². The molecule has 3 aromatic heterocycles. The van der Waals surface area contributed by atoms with Gasteiger partial charge in [0.15, 0.2) is 0 Å². The average Bonchev–Trinajstić information content (AvgIpc) is 3.82. The molecule has 0 bridgehead atoms. The number of para-hydroxylation sites is 2. The second-order valence-corrected chi connectivity index (χ2v) is 16.0. The third-order valence-electron chi connectivity index (χ3n) is 12.1. The Morgan fingerprint density at radius 3 is 2.24 bits per heavy atom. The highest BCUT2D eigenvalue weighted by Gasteiger charge is 2.47. The molecule has 2 aliphatic heterocycles. The van der Waals surface area contributed by atoms with Gasteiger partial charge in [0.25, 0.3) is 0 Å². The van der Waals surface area contributed by atoms with Crippen molar-refractivity contribution in [2.24, 2.45) is 0 Å². The Bertz CT molecular complexity index is 2980. The largest absolute Gasteiger partial charge is 0.375 e. The number of hydrogen-bond donors (Lipinski definition) is 0. The summed E-state index contributed by atoms with van der Waals surface area (Å²) in [5.41, 5.74) is 20.4. The fraction of sp³-hybridized carbons (Fsp3) is 0.111. The summed E-state index contributed by atoms with van der Waals surface area (Å²) in [6.07, 6.45) is 0. The minimum Gasteiger partial charge on any atom is -0.375 e. The van der Waals surface area contributed by atoms with E-state index in [1.165, 1.54) is 114 Å². The van der Waals surface area contributed by atoms with Crippen molar-refractivity contribution >= 4 is 71.2 Å². The third-order valence-corrected chi connectivity index (χ3v) is 13.3. The highest BCUT2D eigenvalue weighted by Crippen LogP contribution is 2.56. The number of aryl methyl sites for hydroxylation is 2. The normalized spacial score (nSPS) is 14.7. The van der Waals surface area contributed by atoms with E-state index in [1.54, 1.807) is 0 Å². The summed E-state index contributed by atoms with van der Waals surface area (Å²) in [5, 5.41) is 5.48. The van der Waals surface area contributed by atoms with Crippen LogP contribution in [0.15, 0.2) is 115 Å². The van der Waals surface area contributed by atoms with E-state index < -0.39 is 0 Å². The van der Waals surface area contributed by atoms with Crippen LogP contribution in [0.5, 0.6) is 0 Å². The van der Waals surface area contributed by atoms with Crippen LogP contribution in [0.4, 0.5) is 0 Å². The monoisotopic (exact) mass is 642 g/mol. The van der Waals surface area contributed by atoms with Gasteiger partial charge >= 0.3 is 6.85 Å². The maximum Gasteiger partial charge on any atom is 0.333 e. The van der Waals surface area contributed by atoms with Crippen LogP contribution in [0.2, 0.25) is 0 Å². The molecule has 6 aromatic carbocycles. The number of hydrogen-bond acceptors (Lipinski definition) is 1. The van der Waals surface area contributed by atoms with Gasteiger partial charge in [-0.05, 0) is 81.9 Å². The molecule has 0 atom stereocenters. The third kappa shape index (κ3) is 2.95. The van der Waals surface area contributed by atoms with Crippen LogP contribution in [0.25, 0.3) is 81.3 Å². The molecule has 0 saturated carbocycles. The molecular weight excluding hydrogens is 611 g/mol. The summed E-state index contributed by atoms with van der Waals surface area (Å²) in [5.74, 6) is 0. The number of aromatic nitrogens is 2. The van der Waals surface area contributed by atoms with Crippen LogP contribution in [-0.2, 0) is 5.41 Å². The topological polar surface area (TPSA) is 9.86 Å². The van der Waals surface area contributed by atoms with Gasteiger partial charge in [0.05, 0.1) is 5.52 Å². The Kier molecular flexibility index (Phi) is 4.69. The van der Waals surface area contributed by atoms with Gasteiger partial charge in [-0.15, -0.1) is 11.3 Å². The van der Waals surface area contributed by atoms with Crippen LogP contribution in [-0.4, -0.2) is 15.9 Å². The Morgan fingerprint density at radius 1 is 0.653 bits per heavy atom. The molecule has 12 rings (SSSR count). The summed E-state index contributed by atoms with van der Waals surface area (Å²) < 4.78 is 6.75. The van der Waals surface area contributed by atoms with Gasteiger partial charge in [-0.2, -0.15) is 0 Å². The summed E-state index contributed by atoms with van der Waals surface area (Å²) in [6, 6.07) is 44.0. The lowest BCUT2D eigenvalue weighted by Crippen LogP contribution is -2.55. The Labute approximate surface area is 289 Å². The molecule has 0 radical (unpaired) electrons. The van der Waals surface area contributed by atoms with Crippen molar-refractivity contribution < 1.29 is 0 Å². The summed E-state index contributed by atoms with van der Waals surface area (Å²) in [6.45, 7) is 9.44. The molecule has 0 saturated heterocycles. The molecule has 9 aromatic rings. The standard InChI is InChI=1S/C45H31BN2S/c1-24-12-9-13-25(2)37(24)26-22-32-27-16-10-18-31-39-43(28-14-5-7-19-33(28)45(39,3)4)48(41(27)31)46-34-20-11-17-30-38-29-15-6-8-21-36(29)49-44(38)47(42(30)34)35(23-26)40(32)46/h5-23H,1-4H3. The van der Waals surface area contributed by atoms with E-state index in [1.807, 2.05) is 11.3 Å². The quantitative estimate of drug-likeness (QED) is 0.158. The first-order valence-corrected chi connectivity index (χ1v) is 18.2. The molecule has 0 N–H and O–H groups in total. The molecule has 49 heavy (non-hydrogen) atoms. The van der Waals surface area contributed by atoms with Crippen molar-refractivity contribution in [1.29, 1.82) is 0 Å². The lowest BCUT2D eigenvalue weighted by atomic mass is 9.45. The fourth-order valence-corrected chi connectivity index (χ4v) is 11.5. The zero-order valence-electron chi connectivity index (χ0n) is 27.8. The van der Waals surface area contributed by atoms with Gasteiger partial charge in [0, 0.05) is 59.7 Å². The molecule has 230 valence electrons. The van der Waals surface area contributed by atoms with Crippen LogP contribution in [0.1, 0.15) is 36.1 Å². The molecule has 4 heteroatoms. The maximum atomic E-state index is 2.76. The number of benzene rings is 6. The predicted molar refractivity (Wildman–Crippen MR) is 210 cm³/mol. The molecule has 1 aliphatic carbocycles. The van der Waals surface area contributed by atoms with Crippen LogP contribution in [0, 0.1) is 13.8 Å². The molecule has 3 aliphatic rings. The minimum atomic E-state index is -0.0980. The van der Waals surface area contributed by atoms with Crippen molar-refractivity contribution in [3.8, 4) is 39.2 Å². The van der Waals surface area contributed by atoms with Crippen molar-refractivity contribution in [3.63, 3.8) is 0 Å². The minimum absolute atomic E-state index is 0.0617. The zero-order chi connectivity index (χ0) is 32.5. The number of nitrogens with zero attached hydrogens (tertiary/aromatic N) is 2. The SMILES string of the molecule is Cc1cccc(C)c1-c1cc2c3c(c1)-n1c4sc5ccccc5c4c4cccc(c41)B3n1c3c(c4cccc-2c41)C(C)(C)c1ccccc1-3. The van der Waals surface area contributed by atoms with E-state index in [0.29, 0.717) is 0 Å². The van der Waals surface area contributed by atoms with Gasteiger partial charge in [0.1, 0.15) is 4.83 Å². The van der Waals surface area contributed by atoms with Gasteiger partial charge in [-0.1, -0.05) is 111 Å². The first-order valence-electron chi connectivity index (χ1n) is 17.4. The fourth-order valence-electron chi connectivity index (χ4n) is 10.3.